The second-order valence-electron chi connectivity index (χ2n) is 5.57. The minimum Gasteiger partial charge on any atom is -0.399 e. The molecule has 3 N–H and O–H groups in total. The zero-order chi connectivity index (χ0) is 15.6. The predicted molar refractivity (Wildman–Crippen MR) is 82.8 cm³/mol. The summed E-state index contributed by atoms with van der Waals surface area (Å²) in [6.45, 7) is 6.12. The van der Waals surface area contributed by atoms with Gasteiger partial charge in [0, 0.05) is 25.3 Å². The molecule has 1 aliphatic heterocycles. The molecular formula is C14H23N3O3S. The minimum atomic E-state index is -3.58. The van der Waals surface area contributed by atoms with Gasteiger partial charge in [0.25, 0.3) is 0 Å². The van der Waals surface area contributed by atoms with Crippen LogP contribution in [-0.2, 0) is 14.8 Å². The lowest BCUT2D eigenvalue weighted by Gasteiger charge is -2.30. The molecule has 0 radical (unpaired) electrons. The molecule has 7 heteroatoms. The van der Waals surface area contributed by atoms with Crippen molar-refractivity contribution in [2.45, 2.75) is 24.8 Å². The number of nitrogens with two attached hydrogens (primary N) is 1. The molecule has 1 unspecified atom stereocenters. The van der Waals surface area contributed by atoms with Gasteiger partial charge in [0.05, 0.1) is 17.6 Å². The number of ether oxygens (including phenoxy) is 1. The van der Waals surface area contributed by atoms with Gasteiger partial charge < -0.3 is 15.4 Å². The van der Waals surface area contributed by atoms with Crippen LogP contribution in [0.3, 0.4) is 0 Å². The highest BCUT2D eigenvalue weighted by Gasteiger charge is 2.23. The first-order valence-electron chi connectivity index (χ1n) is 6.96. The lowest BCUT2D eigenvalue weighted by molar-refractivity contribution is -0.0156. The van der Waals surface area contributed by atoms with Crippen LogP contribution in [0.25, 0.3) is 0 Å². The van der Waals surface area contributed by atoms with Gasteiger partial charge >= 0.3 is 0 Å². The van der Waals surface area contributed by atoms with E-state index in [-0.39, 0.29) is 17.5 Å². The van der Waals surface area contributed by atoms with Gasteiger partial charge in [-0.1, -0.05) is 0 Å². The molecular weight excluding hydrogens is 290 g/mol. The van der Waals surface area contributed by atoms with Crippen LogP contribution in [0.5, 0.6) is 0 Å². The molecule has 0 aromatic heterocycles. The summed E-state index contributed by atoms with van der Waals surface area (Å²) in [5.41, 5.74) is 7.80. The van der Waals surface area contributed by atoms with E-state index in [2.05, 4.69) is 9.62 Å². The highest BCUT2D eigenvalue weighted by atomic mass is 32.2. The molecule has 1 saturated heterocycles. The largest absolute Gasteiger partial charge is 0.399 e. The van der Waals surface area contributed by atoms with Gasteiger partial charge in [0.2, 0.25) is 10.0 Å². The molecule has 1 heterocycles. The third-order valence-corrected chi connectivity index (χ3v) is 5.32. The molecule has 1 aromatic rings. The van der Waals surface area contributed by atoms with Gasteiger partial charge in [-0.25, -0.2) is 13.1 Å². The predicted octanol–water partition coefficient (Wildman–Crippen LogP) is 0.495. The molecule has 6 nitrogen and oxygen atoms in total. The summed E-state index contributed by atoms with van der Waals surface area (Å²) in [5, 5.41) is 0. The number of morpholine rings is 1. The van der Waals surface area contributed by atoms with Gasteiger partial charge in [-0.2, -0.15) is 0 Å². The fourth-order valence-electron chi connectivity index (χ4n) is 2.40. The molecule has 2 rings (SSSR count). The third-order valence-electron chi connectivity index (χ3n) is 3.77. The van der Waals surface area contributed by atoms with Crippen molar-refractivity contribution in [1.82, 2.24) is 9.62 Å². The zero-order valence-electron chi connectivity index (χ0n) is 12.7. The molecule has 118 valence electrons. The minimum absolute atomic E-state index is 0.124. The number of hydrogen-bond acceptors (Lipinski definition) is 5. The molecule has 0 aliphatic carbocycles. The maximum Gasteiger partial charge on any atom is 0.241 e. The van der Waals surface area contributed by atoms with Crippen molar-refractivity contribution in [1.29, 1.82) is 0 Å². The van der Waals surface area contributed by atoms with E-state index in [1.165, 1.54) is 6.07 Å². The number of nitrogen functional groups attached to an aromatic ring is 1. The van der Waals surface area contributed by atoms with Gasteiger partial charge in [0.1, 0.15) is 0 Å². The number of sulfonamides is 1. The molecule has 0 spiro atoms. The smallest absolute Gasteiger partial charge is 0.241 e. The van der Waals surface area contributed by atoms with Crippen LogP contribution < -0.4 is 10.5 Å². The number of benzene rings is 1. The molecule has 0 saturated carbocycles. The lowest BCUT2D eigenvalue weighted by atomic mass is 10.1. The summed E-state index contributed by atoms with van der Waals surface area (Å²) in [6, 6.07) is 3.27. The van der Waals surface area contributed by atoms with Crippen LogP contribution in [-0.4, -0.2) is 52.7 Å². The summed E-state index contributed by atoms with van der Waals surface area (Å²) >= 11 is 0. The Labute approximate surface area is 126 Å². The second kappa shape index (κ2) is 6.31. The Kier molecular flexibility index (Phi) is 4.88. The Morgan fingerprint density at radius 1 is 1.43 bits per heavy atom. The Bertz CT molecular complexity index is 616. The highest BCUT2D eigenvalue weighted by molar-refractivity contribution is 7.89. The van der Waals surface area contributed by atoms with Crippen molar-refractivity contribution >= 4 is 15.7 Å². The second-order valence-corrected chi connectivity index (χ2v) is 7.30. The summed E-state index contributed by atoms with van der Waals surface area (Å²) in [7, 11) is -1.59. The molecule has 0 bridgehead atoms. The van der Waals surface area contributed by atoms with Gasteiger partial charge in [0.15, 0.2) is 0 Å². The van der Waals surface area contributed by atoms with Crippen LogP contribution in [0.1, 0.15) is 11.1 Å². The van der Waals surface area contributed by atoms with Crippen molar-refractivity contribution in [3.63, 3.8) is 0 Å². The van der Waals surface area contributed by atoms with E-state index in [1.54, 1.807) is 13.0 Å². The summed E-state index contributed by atoms with van der Waals surface area (Å²) < 4.78 is 33.1. The molecule has 0 amide bonds. The van der Waals surface area contributed by atoms with E-state index in [0.717, 1.165) is 24.2 Å². The van der Waals surface area contributed by atoms with Crippen LogP contribution >= 0.6 is 0 Å². The highest BCUT2D eigenvalue weighted by Crippen LogP contribution is 2.22. The van der Waals surface area contributed by atoms with Gasteiger partial charge in [-0.3, -0.25) is 0 Å². The quantitative estimate of drug-likeness (QED) is 0.791. The average Bonchev–Trinajstić information content (AvgIpc) is 2.41. The number of likely N-dealkylation sites (N-methyl/N-ethyl adjacent to an activating group) is 1. The van der Waals surface area contributed by atoms with E-state index >= 15 is 0 Å². The van der Waals surface area contributed by atoms with E-state index in [1.807, 2.05) is 14.0 Å². The number of rotatable bonds is 4. The SMILES string of the molecule is Cc1cc(N)cc(S(=O)(=O)NCC2CN(C)CCO2)c1C. The van der Waals surface area contributed by atoms with Crippen LogP contribution in [0.2, 0.25) is 0 Å². The number of anilines is 1. The molecule has 1 aliphatic rings. The van der Waals surface area contributed by atoms with Crippen LogP contribution in [0.4, 0.5) is 5.69 Å². The van der Waals surface area contributed by atoms with E-state index < -0.39 is 10.0 Å². The first kappa shape index (κ1) is 16.2. The first-order chi connectivity index (χ1) is 9.79. The lowest BCUT2D eigenvalue weighted by Crippen LogP contribution is -2.45. The first-order valence-corrected chi connectivity index (χ1v) is 8.44. The Hall–Kier alpha value is -1.15. The average molecular weight is 313 g/mol. The fourth-order valence-corrected chi connectivity index (χ4v) is 3.82. The number of nitrogens with one attached hydrogen (secondary N) is 1. The normalized spacial score (nSPS) is 20.6. The van der Waals surface area contributed by atoms with Crippen molar-refractivity contribution in [3.8, 4) is 0 Å². The number of nitrogens with zero attached hydrogens (tertiary/aromatic N) is 1. The Morgan fingerprint density at radius 2 is 2.14 bits per heavy atom. The fraction of sp³-hybridized carbons (Fsp3) is 0.571. The van der Waals surface area contributed by atoms with Gasteiger partial charge in [-0.15, -0.1) is 0 Å². The standard InChI is InChI=1S/C14H23N3O3S/c1-10-6-12(15)7-14(11(10)2)21(18,19)16-8-13-9-17(3)4-5-20-13/h6-7,13,16H,4-5,8-9,15H2,1-3H3. The topological polar surface area (TPSA) is 84.7 Å². The number of aryl methyl sites for hydroxylation is 1. The number of hydrogen-bond donors (Lipinski definition) is 2. The maximum atomic E-state index is 12.4. The summed E-state index contributed by atoms with van der Waals surface area (Å²) in [5.74, 6) is 0. The molecule has 1 fully saturated rings. The van der Waals surface area contributed by atoms with Crippen molar-refractivity contribution in [3.05, 3.63) is 23.3 Å². The van der Waals surface area contributed by atoms with Crippen molar-refractivity contribution in [2.24, 2.45) is 0 Å². The van der Waals surface area contributed by atoms with Gasteiger partial charge in [-0.05, 0) is 44.2 Å². The van der Waals surface area contributed by atoms with Crippen molar-refractivity contribution < 1.29 is 13.2 Å². The van der Waals surface area contributed by atoms with E-state index in [4.69, 9.17) is 10.5 Å². The van der Waals surface area contributed by atoms with Crippen LogP contribution in [0, 0.1) is 13.8 Å². The molecule has 21 heavy (non-hydrogen) atoms. The summed E-state index contributed by atoms with van der Waals surface area (Å²) in [6.07, 6.45) is -0.124. The Balaban J connectivity index is 2.12. The van der Waals surface area contributed by atoms with Crippen molar-refractivity contribution in [2.75, 3.05) is 39.0 Å². The monoisotopic (exact) mass is 313 g/mol. The maximum absolute atomic E-state index is 12.4. The summed E-state index contributed by atoms with van der Waals surface area (Å²) in [4.78, 5) is 2.36. The van der Waals surface area contributed by atoms with Crippen LogP contribution in [0.15, 0.2) is 17.0 Å². The van der Waals surface area contributed by atoms with E-state index in [0.29, 0.717) is 12.3 Å². The van der Waals surface area contributed by atoms with E-state index in [9.17, 15) is 8.42 Å². The third kappa shape index (κ3) is 3.94. The molecule has 1 aromatic carbocycles. The zero-order valence-corrected chi connectivity index (χ0v) is 13.5. The Morgan fingerprint density at radius 3 is 2.81 bits per heavy atom. The molecule has 1 atom stereocenters.